The third-order valence-corrected chi connectivity index (χ3v) is 3.59. The molecule has 3 rings (SSSR count). The lowest BCUT2D eigenvalue weighted by Crippen LogP contribution is -2.17. The fourth-order valence-corrected chi connectivity index (χ4v) is 2.64. The van der Waals surface area contributed by atoms with E-state index in [-0.39, 0.29) is 5.78 Å². The Labute approximate surface area is 112 Å². The molecule has 0 unspecified atom stereocenters. The van der Waals surface area contributed by atoms with Crippen LogP contribution in [0.3, 0.4) is 0 Å². The maximum Gasteiger partial charge on any atom is 0.211 e. The zero-order valence-electron chi connectivity index (χ0n) is 11.0. The van der Waals surface area contributed by atoms with Gasteiger partial charge in [-0.05, 0) is 37.5 Å². The summed E-state index contributed by atoms with van der Waals surface area (Å²) in [7, 11) is 0. The van der Waals surface area contributed by atoms with Crippen LogP contribution in [0.15, 0.2) is 30.5 Å². The van der Waals surface area contributed by atoms with Gasteiger partial charge in [0.1, 0.15) is 5.69 Å². The lowest BCUT2D eigenvalue weighted by atomic mass is 9.94. The SMILES string of the molecule is CCn1nccc1C(=O)c1cccc2c1CCCN2. The Kier molecular flexibility index (Phi) is 3.07. The molecular weight excluding hydrogens is 238 g/mol. The minimum Gasteiger partial charge on any atom is -0.385 e. The zero-order valence-corrected chi connectivity index (χ0v) is 11.0. The standard InChI is InChI=1S/C15H17N3O/c1-2-18-14(8-10-17-18)15(19)12-5-3-7-13-11(12)6-4-9-16-13/h3,5,7-8,10,16H,2,4,6,9H2,1H3. The van der Waals surface area contributed by atoms with Crippen LogP contribution in [0.1, 0.15) is 35.0 Å². The van der Waals surface area contributed by atoms with Crippen molar-refractivity contribution in [3.8, 4) is 0 Å². The highest BCUT2D eigenvalue weighted by atomic mass is 16.1. The number of carbonyl (C=O) groups is 1. The Morgan fingerprint density at radius 3 is 3.16 bits per heavy atom. The monoisotopic (exact) mass is 255 g/mol. The van der Waals surface area contributed by atoms with Gasteiger partial charge >= 0.3 is 0 Å². The molecule has 0 atom stereocenters. The summed E-state index contributed by atoms with van der Waals surface area (Å²) >= 11 is 0. The summed E-state index contributed by atoms with van der Waals surface area (Å²) in [5.74, 6) is 0.0694. The third-order valence-electron chi connectivity index (χ3n) is 3.59. The van der Waals surface area contributed by atoms with Crippen LogP contribution in [0, 0.1) is 0 Å². The molecule has 1 aromatic heterocycles. The number of rotatable bonds is 3. The van der Waals surface area contributed by atoms with E-state index in [0.29, 0.717) is 12.2 Å². The van der Waals surface area contributed by atoms with E-state index in [0.717, 1.165) is 36.2 Å². The van der Waals surface area contributed by atoms with Gasteiger partial charge in [-0.2, -0.15) is 5.10 Å². The minimum atomic E-state index is 0.0694. The Morgan fingerprint density at radius 1 is 1.42 bits per heavy atom. The first kappa shape index (κ1) is 12.0. The van der Waals surface area contributed by atoms with Crippen molar-refractivity contribution in [2.75, 3.05) is 11.9 Å². The number of fused-ring (bicyclic) bond motifs is 1. The Hall–Kier alpha value is -2.10. The van der Waals surface area contributed by atoms with Crippen LogP contribution < -0.4 is 5.32 Å². The van der Waals surface area contributed by atoms with Gasteiger partial charge in [-0.3, -0.25) is 9.48 Å². The number of aryl methyl sites for hydroxylation is 1. The third kappa shape index (κ3) is 2.03. The Balaban J connectivity index is 2.05. The van der Waals surface area contributed by atoms with Crippen molar-refractivity contribution in [1.29, 1.82) is 0 Å². The van der Waals surface area contributed by atoms with Crippen molar-refractivity contribution in [3.63, 3.8) is 0 Å². The van der Waals surface area contributed by atoms with E-state index >= 15 is 0 Å². The van der Waals surface area contributed by atoms with Gasteiger partial charge in [0, 0.05) is 30.5 Å². The summed E-state index contributed by atoms with van der Waals surface area (Å²) in [6.45, 7) is 3.69. The number of nitrogens with one attached hydrogen (secondary N) is 1. The molecule has 4 heteroatoms. The highest BCUT2D eigenvalue weighted by Crippen LogP contribution is 2.26. The lowest BCUT2D eigenvalue weighted by molar-refractivity contribution is 0.102. The van der Waals surface area contributed by atoms with Gasteiger partial charge in [0.05, 0.1) is 0 Å². The number of anilines is 1. The number of hydrogen-bond acceptors (Lipinski definition) is 3. The maximum atomic E-state index is 12.7. The fourth-order valence-electron chi connectivity index (χ4n) is 2.64. The quantitative estimate of drug-likeness (QED) is 0.857. The normalized spacial score (nSPS) is 13.7. The van der Waals surface area contributed by atoms with Crippen LogP contribution in [0.2, 0.25) is 0 Å². The molecule has 0 fully saturated rings. The first-order chi connectivity index (χ1) is 9.31. The first-order valence-corrected chi connectivity index (χ1v) is 6.73. The fraction of sp³-hybridized carbons (Fsp3) is 0.333. The van der Waals surface area contributed by atoms with Gasteiger partial charge in [0.15, 0.2) is 0 Å². The predicted molar refractivity (Wildman–Crippen MR) is 74.6 cm³/mol. The smallest absolute Gasteiger partial charge is 0.211 e. The van der Waals surface area contributed by atoms with Crippen molar-refractivity contribution < 1.29 is 4.79 Å². The van der Waals surface area contributed by atoms with Gasteiger partial charge in [0.2, 0.25) is 5.78 Å². The molecule has 2 heterocycles. The molecular formula is C15H17N3O. The zero-order chi connectivity index (χ0) is 13.2. The summed E-state index contributed by atoms with van der Waals surface area (Å²) in [6.07, 6.45) is 3.72. The predicted octanol–water partition coefficient (Wildman–Crippen LogP) is 2.49. The van der Waals surface area contributed by atoms with Crippen LogP contribution in [-0.2, 0) is 13.0 Å². The average Bonchev–Trinajstić information content (AvgIpc) is 2.94. The van der Waals surface area contributed by atoms with Crippen LogP contribution in [-0.4, -0.2) is 22.1 Å². The van der Waals surface area contributed by atoms with E-state index in [1.807, 2.05) is 25.1 Å². The van der Waals surface area contributed by atoms with E-state index in [4.69, 9.17) is 0 Å². The van der Waals surface area contributed by atoms with E-state index in [9.17, 15) is 4.79 Å². The molecule has 4 nitrogen and oxygen atoms in total. The van der Waals surface area contributed by atoms with Gasteiger partial charge in [-0.25, -0.2) is 0 Å². The van der Waals surface area contributed by atoms with Crippen LogP contribution in [0.25, 0.3) is 0 Å². The van der Waals surface area contributed by atoms with Crippen molar-refractivity contribution in [1.82, 2.24) is 9.78 Å². The maximum absolute atomic E-state index is 12.7. The second kappa shape index (κ2) is 4.88. The molecule has 0 radical (unpaired) electrons. The lowest BCUT2D eigenvalue weighted by Gasteiger charge is -2.20. The minimum absolute atomic E-state index is 0.0694. The number of hydrogen-bond donors (Lipinski definition) is 1. The Morgan fingerprint density at radius 2 is 2.32 bits per heavy atom. The highest BCUT2D eigenvalue weighted by molar-refractivity contribution is 6.09. The van der Waals surface area contributed by atoms with Crippen LogP contribution in [0.5, 0.6) is 0 Å². The topological polar surface area (TPSA) is 46.9 Å². The van der Waals surface area contributed by atoms with E-state index < -0.39 is 0 Å². The van der Waals surface area contributed by atoms with Gasteiger partial charge in [-0.1, -0.05) is 12.1 Å². The van der Waals surface area contributed by atoms with Crippen molar-refractivity contribution in [2.24, 2.45) is 0 Å². The molecule has 1 aliphatic rings. The number of benzene rings is 1. The van der Waals surface area contributed by atoms with E-state index in [1.165, 1.54) is 0 Å². The second-order valence-corrected chi connectivity index (χ2v) is 4.72. The molecule has 0 spiro atoms. The first-order valence-electron chi connectivity index (χ1n) is 6.73. The molecule has 1 N–H and O–H groups in total. The molecule has 0 amide bonds. The van der Waals surface area contributed by atoms with Crippen molar-refractivity contribution in [3.05, 3.63) is 47.3 Å². The van der Waals surface area contributed by atoms with Gasteiger partial charge < -0.3 is 5.32 Å². The molecule has 19 heavy (non-hydrogen) atoms. The van der Waals surface area contributed by atoms with E-state index in [2.05, 4.69) is 10.4 Å². The summed E-state index contributed by atoms with van der Waals surface area (Å²) < 4.78 is 1.75. The molecule has 1 aromatic carbocycles. The number of aromatic nitrogens is 2. The number of ketones is 1. The Bertz CT molecular complexity index is 616. The summed E-state index contributed by atoms with van der Waals surface area (Å²) in [5.41, 5.74) is 3.71. The molecule has 0 bridgehead atoms. The number of nitrogens with zero attached hydrogens (tertiary/aromatic N) is 2. The van der Waals surface area contributed by atoms with Gasteiger partial charge in [0.25, 0.3) is 0 Å². The van der Waals surface area contributed by atoms with E-state index in [1.54, 1.807) is 16.9 Å². The number of carbonyl (C=O) groups excluding carboxylic acids is 1. The van der Waals surface area contributed by atoms with Crippen molar-refractivity contribution >= 4 is 11.5 Å². The second-order valence-electron chi connectivity index (χ2n) is 4.72. The molecule has 2 aromatic rings. The molecule has 98 valence electrons. The molecule has 1 aliphatic heterocycles. The van der Waals surface area contributed by atoms with Gasteiger partial charge in [-0.15, -0.1) is 0 Å². The summed E-state index contributed by atoms with van der Waals surface area (Å²) in [5, 5.41) is 7.53. The summed E-state index contributed by atoms with van der Waals surface area (Å²) in [4.78, 5) is 12.7. The molecule has 0 saturated heterocycles. The molecule has 0 aliphatic carbocycles. The van der Waals surface area contributed by atoms with Crippen molar-refractivity contribution in [2.45, 2.75) is 26.3 Å². The largest absolute Gasteiger partial charge is 0.385 e. The van der Waals surface area contributed by atoms with Crippen LogP contribution in [0.4, 0.5) is 5.69 Å². The van der Waals surface area contributed by atoms with Crippen LogP contribution >= 0.6 is 0 Å². The summed E-state index contributed by atoms with van der Waals surface area (Å²) in [6, 6.07) is 7.70. The molecule has 0 saturated carbocycles. The average molecular weight is 255 g/mol. The highest BCUT2D eigenvalue weighted by Gasteiger charge is 2.20.